The molecular formula is C19H24N2O. The second-order valence-corrected chi connectivity index (χ2v) is 5.83. The summed E-state index contributed by atoms with van der Waals surface area (Å²) in [6, 6.07) is 15.7. The second-order valence-electron chi connectivity index (χ2n) is 5.83. The van der Waals surface area contributed by atoms with Crippen LogP contribution in [0.1, 0.15) is 42.1 Å². The highest BCUT2D eigenvalue weighted by Gasteiger charge is 2.07. The monoisotopic (exact) mass is 296 g/mol. The Bertz CT molecular complexity index is 615. The molecule has 2 rings (SSSR count). The van der Waals surface area contributed by atoms with Crippen LogP contribution in [0.15, 0.2) is 48.5 Å². The summed E-state index contributed by atoms with van der Waals surface area (Å²) in [6.07, 6.45) is 1.12. The molecule has 3 heteroatoms. The lowest BCUT2D eigenvalue weighted by Crippen LogP contribution is -2.13. The summed E-state index contributed by atoms with van der Waals surface area (Å²) >= 11 is 0. The number of hydrogen-bond donors (Lipinski definition) is 1. The van der Waals surface area contributed by atoms with Gasteiger partial charge in [-0.25, -0.2) is 0 Å². The summed E-state index contributed by atoms with van der Waals surface area (Å²) in [4.78, 5) is 14.3. The van der Waals surface area contributed by atoms with E-state index in [4.69, 9.17) is 0 Å². The van der Waals surface area contributed by atoms with Crippen LogP contribution >= 0.6 is 0 Å². The maximum Gasteiger partial charge on any atom is 0.255 e. The molecule has 116 valence electrons. The lowest BCUT2D eigenvalue weighted by atomic mass is 9.98. The SMILES string of the molecule is CCC(C)c1ccc(NC(=O)c2ccc(N(C)C)cc2)cc1. The minimum atomic E-state index is -0.0819. The van der Waals surface area contributed by atoms with E-state index in [0.717, 1.165) is 17.8 Å². The van der Waals surface area contributed by atoms with Gasteiger partial charge in [0.1, 0.15) is 0 Å². The van der Waals surface area contributed by atoms with E-state index in [1.807, 2.05) is 55.4 Å². The van der Waals surface area contributed by atoms with Crippen molar-refractivity contribution in [3.8, 4) is 0 Å². The van der Waals surface area contributed by atoms with Crippen molar-refractivity contribution in [3.05, 3.63) is 59.7 Å². The summed E-state index contributed by atoms with van der Waals surface area (Å²) in [5.41, 5.74) is 3.87. The molecule has 0 aromatic heterocycles. The van der Waals surface area contributed by atoms with Crippen LogP contribution in [0.4, 0.5) is 11.4 Å². The van der Waals surface area contributed by atoms with Crippen molar-refractivity contribution in [2.24, 2.45) is 0 Å². The van der Waals surface area contributed by atoms with Gasteiger partial charge >= 0.3 is 0 Å². The molecule has 22 heavy (non-hydrogen) atoms. The lowest BCUT2D eigenvalue weighted by molar-refractivity contribution is 0.102. The van der Waals surface area contributed by atoms with Crippen molar-refractivity contribution in [2.45, 2.75) is 26.2 Å². The van der Waals surface area contributed by atoms with Crippen molar-refractivity contribution < 1.29 is 4.79 Å². The molecule has 1 N–H and O–H groups in total. The van der Waals surface area contributed by atoms with Crippen LogP contribution < -0.4 is 10.2 Å². The van der Waals surface area contributed by atoms with E-state index in [2.05, 4.69) is 31.3 Å². The lowest BCUT2D eigenvalue weighted by Gasteiger charge is -2.13. The molecule has 2 aromatic carbocycles. The minimum absolute atomic E-state index is 0.0819. The Morgan fingerprint density at radius 1 is 1.05 bits per heavy atom. The van der Waals surface area contributed by atoms with Gasteiger partial charge in [0.2, 0.25) is 0 Å². The van der Waals surface area contributed by atoms with E-state index in [0.29, 0.717) is 11.5 Å². The molecule has 0 heterocycles. The van der Waals surface area contributed by atoms with Crippen LogP contribution in [-0.4, -0.2) is 20.0 Å². The molecule has 0 fully saturated rings. The number of anilines is 2. The first-order chi connectivity index (χ1) is 10.5. The van der Waals surface area contributed by atoms with E-state index in [-0.39, 0.29) is 5.91 Å². The zero-order valence-corrected chi connectivity index (χ0v) is 13.8. The first-order valence-electron chi connectivity index (χ1n) is 7.70. The van der Waals surface area contributed by atoms with Crippen molar-refractivity contribution >= 4 is 17.3 Å². The molecule has 2 aromatic rings. The third kappa shape index (κ3) is 3.88. The quantitative estimate of drug-likeness (QED) is 0.880. The Morgan fingerprint density at radius 2 is 1.64 bits per heavy atom. The van der Waals surface area contributed by atoms with Crippen LogP contribution in [0, 0.1) is 0 Å². The number of carbonyl (C=O) groups is 1. The van der Waals surface area contributed by atoms with Gasteiger partial charge in [-0.1, -0.05) is 26.0 Å². The highest BCUT2D eigenvalue weighted by Crippen LogP contribution is 2.21. The van der Waals surface area contributed by atoms with E-state index >= 15 is 0 Å². The summed E-state index contributed by atoms with van der Waals surface area (Å²) in [5, 5.41) is 2.94. The maximum absolute atomic E-state index is 12.2. The van der Waals surface area contributed by atoms with Crippen LogP contribution in [0.25, 0.3) is 0 Å². The summed E-state index contributed by atoms with van der Waals surface area (Å²) in [5.74, 6) is 0.463. The highest BCUT2D eigenvalue weighted by molar-refractivity contribution is 6.04. The van der Waals surface area contributed by atoms with Gasteiger partial charge in [-0.15, -0.1) is 0 Å². The molecule has 0 radical (unpaired) electrons. The topological polar surface area (TPSA) is 32.3 Å². The predicted molar refractivity (Wildman–Crippen MR) is 93.9 cm³/mol. The van der Waals surface area contributed by atoms with Crippen LogP contribution in [-0.2, 0) is 0 Å². The fourth-order valence-corrected chi connectivity index (χ4v) is 2.24. The van der Waals surface area contributed by atoms with E-state index in [9.17, 15) is 4.79 Å². The third-order valence-electron chi connectivity index (χ3n) is 4.00. The second kappa shape index (κ2) is 7.12. The first kappa shape index (κ1) is 16.1. The summed E-state index contributed by atoms with van der Waals surface area (Å²) in [7, 11) is 3.96. The fraction of sp³-hybridized carbons (Fsp3) is 0.316. The molecule has 0 saturated heterocycles. The van der Waals surface area contributed by atoms with Crippen LogP contribution in [0.3, 0.4) is 0 Å². The molecule has 1 atom stereocenters. The zero-order chi connectivity index (χ0) is 16.1. The molecule has 1 unspecified atom stereocenters. The largest absolute Gasteiger partial charge is 0.378 e. The standard InChI is InChI=1S/C19H24N2O/c1-5-14(2)15-6-10-17(11-7-15)20-19(22)16-8-12-18(13-9-16)21(3)4/h6-14H,5H2,1-4H3,(H,20,22). The van der Waals surface area contributed by atoms with Gasteiger partial charge in [0.25, 0.3) is 5.91 Å². The number of amides is 1. The van der Waals surface area contributed by atoms with Crippen molar-refractivity contribution in [1.29, 1.82) is 0 Å². The van der Waals surface area contributed by atoms with E-state index in [1.165, 1.54) is 5.56 Å². The van der Waals surface area contributed by atoms with Crippen LogP contribution in [0.2, 0.25) is 0 Å². The van der Waals surface area contributed by atoms with Gasteiger partial charge in [0, 0.05) is 31.0 Å². The molecule has 0 aliphatic heterocycles. The average Bonchev–Trinajstić information content (AvgIpc) is 2.54. The number of rotatable bonds is 5. The van der Waals surface area contributed by atoms with Gasteiger partial charge in [0.05, 0.1) is 0 Å². The first-order valence-corrected chi connectivity index (χ1v) is 7.70. The minimum Gasteiger partial charge on any atom is -0.378 e. The van der Waals surface area contributed by atoms with Crippen molar-refractivity contribution in [2.75, 3.05) is 24.3 Å². The van der Waals surface area contributed by atoms with Crippen LogP contribution in [0.5, 0.6) is 0 Å². The number of benzene rings is 2. The van der Waals surface area contributed by atoms with Gasteiger partial charge < -0.3 is 10.2 Å². The molecule has 0 bridgehead atoms. The molecular weight excluding hydrogens is 272 g/mol. The normalized spacial score (nSPS) is 11.8. The molecule has 0 spiro atoms. The van der Waals surface area contributed by atoms with Crippen molar-refractivity contribution in [3.63, 3.8) is 0 Å². The maximum atomic E-state index is 12.2. The molecule has 3 nitrogen and oxygen atoms in total. The van der Waals surface area contributed by atoms with Gasteiger partial charge in [0.15, 0.2) is 0 Å². The summed E-state index contributed by atoms with van der Waals surface area (Å²) in [6.45, 7) is 4.39. The molecule has 1 amide bonds. The fourth-order valence-electron chi connectivity index (χ4n) is 2.24. The smallest absolute Gasteiger partial charge is 0.255 e. The Balaban J connectivity index is 2.05. The Labute approximate surface area is 133 Å². The average molecular weight is 296 g/mol. The number of carbonyl (C=O) groups excluding carboxylic acids is 1. The Morgan fingerprint density at radius 3 is 2.14 bits per heavy atom. The van der Waals surface area contributed by atoms with Gasteiger partial charge in [-0.2, -0.15) is 0 Å². The van der Waals surface area contributed by atoms with E-state index < -0.39 is 0 Å². The third-order valence-corrected chi connectivity index (χ3v) is 4.00. The van der Waals surface area contributed by atoms with E-state index in [1.54, 1.807) is 0 Å². The van der Waals surface area contributed by atoms with Gasteiger partial charge in [-0.05, 0) is 54.3 Å². The molecule has 0 saturated carbocycles. The summed E-state index contributed by atoms with van der Waals surface area (Å²) < 4.78 is 0. The Hall–Kier alpha value is -2.29. The van der Waals surface area contributed by atoms with Crippen molar-refractivity contribution in [1.82, 2.24) is 0 Å². The predicted octanol–water partition coefficient (Wildman–Crippen LogP) is 4.52. The number of nitrogens with zero attached hydrogens (tertiary/aromatic N) is 1. The highest BCUT2D eigenvalue weighted by atomic mass is 16.1. The Kier molecular flexibility index (Phi) is 5.21. The number of hydrogen-bond acceptors (Lipinski definition) is 2. The molecule has 0 aliphatic carbocycles. The molecule has 0 aliphatic rings. The van der Waals surface area contributed by atoms with Gasteiger partial charge in [-0.3, -0.25) is 4.79 Å². The number of nitrogens with one attached hydrogen (secondary N) is 1. The zero-order valence-electron chi connectivity index (χ0n) is 13.8.